The topological polar surface area (TPSA) is 50.6 Å². The van der Waals surface area contributed by atoms with Gasteiger partial charge in [0, 0.05) is 55.1 Å². The third kappa shape index (κ3) is 3.77. The Morgan fingerprint density at radius 2 is 2.07 bits per heavy atom. The summed E-state index contributed by atoms with van der Waals surface area (Å²) < 4.78 is 8.65. The number of carbonyl (C=O) groups is 1. The van der Waals surface area contributed by atoms with Gasteiger partial charge in [-0.2, -0.15) is 5.10 Å². The van der Waals surface area contributed by atoms with Crippen LogP contribution in [0.2, 0.25) is 0 Å². The van der Waals surface area contributed by atoms with Crippen molar-refractivity contribution in [1.82, 2.24) is 19.6 Å². The number of carbonyl (C=O) groups excluding carboxylic acids is 1. The number of aryl methyl sites for hydroxylation is 1. The van der Waals surface area contributed by atoms with Gasteiger partial charge in [-0.05, 0) is 36.9 Å². The van der Waals surface area contributed by atoms with Crippen molar-refractivity contribution < 1.29 is 9.53 Å². The molecule has 6 nitrogen and oxygen atoms in total. The van der Waals surface area contributed by atoms with E-state index in [1.807, 2.05) is 15.8 Å². The minimum atomic E-state index is 0.178. The van der Waals surface area contributed by atoms with Gasteiger partial charge in [-0.25, -0.2) is 0 Å². The number of amides is 1. The molecule has 30 heavy (non-hydrogen) atoms. The summed E-state index contributed by atoms with van der Waals surface area (Å²) in [5.74, 6) is 0.569. The minimum Gasteiger partial charge on any atom is -0.378 e. The van der Waals surface area contributed by atoms with E-state index in [0.29, 0.717) is 32.2 Å². The Hall–Kier alpha value is -2.22. The predicted octanol–water partition coefficient (Wildman–Crippen LogP) is 3.58. The largest absolute Gasteiger partial charge is 0.378 e. The smallest absolute Gasteiger partial charge is 0.264 e. The summed E-state index contributed by atoms with van der Waals surface area (Å²) in [6, 6.07) is 8.49. The van der Waals surface area contributed by atoms with E-state index in [0.717, 1.165) is 37.5 Å². The molecule has 1 aromatic carbocycles. The molecule has 0 saturated carbocycles. The molecule has 0 N–H and O–H groups in total. The van der Waals surface area contributed by atoms with Crippen molar-refractivity contribution >= 4 is 27.3 Å². The van der Waals surface area contributed by atoms with E-state index in [2.05, 4.69) is 47.4 Å². The van der Waals surface area contributed by atoms with Crippen LogP contribution in [-0.4, -0.2) is 64.9 Å². The highest BCUT2D eigenvalue weighted by molar-refractivity contribution is 7.21. The van der Waals surface area contributed by atoms with Gasteiger partial charge >= 0.3 is 0 Å². The van der Waals surface area contributed by atoms with Crippen LogP contribution in [0.1, 0.15) is 40.1 Å². The number of hydrogen-bond donors (Lipinski definition) is 0. The van der Waals surface area contributed by atoms with Gasteiger partial charge in [0.25, 0.3) is 5.91 Å². The molecule has 0 radical (unpaired) electrons. The second kappa shape index (κ2) is 8.49. The summed E-state index contributed by atoms with van der Waals surface area (Å²) in [4.78, 5) is 18.8. The Morgan fingerprint density at radius 1 is 1.23 bits per heavy atom. The van der Waals surface area contributed by atoms with Gasteiger partial charge in [-0.1, -0.05) is 18.2 Å². The highest BCUT2D eigenvalue weighted by Gasteiger charge is 2.32. The average Bonchev–Trinajstić information content (AvgIpc) is 3.52. The predicted molar refractivity (Wildman–Crippen MR) is 119 cm³/mol. The zero-order valence-electron chi connectivity index (χ0n) is 17.4. The number of likely N-dealkylation sites (tertiary alicyclic amines) is 1. The van der Waals surface area contributed by atoms with Crippen molar-refractivity contribution in [1.29, 1.82) is 0 Å². The normalized spacial score (nSPS) is 20.3. The molecule has 158 valence electrons. The van der Waals surface area contributed by atoms with E-state index >= 15 is 0 Å². The van der Waals surface area contributed by atoms with E-state index in [9.17, 15) is 4.79 Å². The van der Waals surface area contributed by atoms with Crippen LogP contribution in [0.4, 0.5) is 0 Å². The Kier molecular flexibility index (Phi) is 5.58. The van der Waals surface area contributed by atoms with E-state index in [1.54, 1.807) is 11.3 Å². The number of hydrogen-bond acceptors (Lipinski definition) is 5. The van der Waals surface area contributed by atoms with Crippen LogP contribution in [0.3, 0.4) is 0 Å². The molecule has 7 heteroatoms. The van der Waals surface area contributed by atoms with Gasteiger partial charge in [-0.3, -0.25) is 14.4 Å². The zero-order valence-corrected chi connectivity index (χ0v) is 18.2. The molecule has 1 amide bonds. The average molecular weight is 425 g/mol. The van der Waals surface area contributed by atoms with Crippen molar-refractivity contribution in [2.45, 2.75) is 32.4 Å². The lowest BCUT2D eigenvalue weighted by Crippen LogP contribution is -2.40. The number of ether oxygens (including phenoxy) is 1. The summed E-state index contributed by atoms with van der Waals surface area (Å²) >= 11 is 1.66. The fourth-order valence-electron chi connectivity index (χ4n) is 4.67. The maximum Gasteiger partial charge on any atom is 0.264 e. The van der Waals surface area contributed by atoms with Gasteiger partial charge < -0.3 is 9.64 Å². The number of fused-ring (bicyclic) bond motifs is 1. The molecule has 2 saturated heterocycles. The highest BCUT2D eigenvalue weighted by Crippen LogP contribution is 2.41. The molecule has 2 aliphatic rings. The number of benzene rings is 1. The van der Waals surface area contributed by atoms with E-state index < -0.39 is 0 Å². The summed E-state index contributed by atoms with van der Waals surface area (Å²) in [6.07, 6.45) is 5.21. The Morgan fingerprint density at radius 3 is 2.87 bits per heavy atom. The number of rotatable bonds is 5. The summed E-state index contributed by atoms with van der Waals surface area (Å²) in [5.41, 5.74) is 2.52. The van der Waals surface area contributed by atoms with Gasteiger partial charge in [0.15, 0.2) is 0 Å². The van der Waals surface area contributed by atoms with Crippen LogP contribution in [0.15, 0.2) is 36.7 Å². The number of aromatic nitrogens is 2. The molecule has 0 bridgehead atoms. The number of nitrogens with zero attached hydrogens (tertiary/aromatic N) is 4. The summed E-state index contributed by atoms with van der Waals surface area (Å²) in [5, 5.41) is 5.66. The Labute approximate surface area is 181 Å². The molecule has 5 rings (SSSR count). The first-order chi connectivity index (χ1) is 14.7. The Balaban J connectivity index is 1.41. The van der Waals surface area contributed by atoms with Crippen LogP contribution in [0.25, 0.3) is 10.1 Å². The first-order valence-corrected chi connectivity index (χ1v) is 11.7. The standard InChI is InChI=1S/C23H28N4O2S/c1-2-27-15-17(13-24-27)14-25-8-7-18(16-25)21-19-5-3-4-6-20(19)30-22(21)23(28)26-9-11-29-12-10-26/h3-6,13,15,18H,2,7-12,14,16H2,1H3. The SMILES string of the molecule is CCn1cc(CN2CCC(c3c(C(=O)N4CCOCC4)sc4ccccc34)C2)cn1. The quantitative estimate of drug-likeness (QED) is 0.628. The minimum absolute atomic E-state index is 0.178. The van der Waals surface area contributed by atoms with Crippen LogP contribution in [0.5, 0.6) is 0 Å². The lowest BCUT2D eigenvalue weighted by molar-refractivity contribution is 0.0305. The molecule has 4 heterocycles. The highest BCUT2D eigenvalue weighted by atomic mass is 32.1. The van der Waals surface area contributed by atoms with E-state index in [4.69, 9.17) is 4.74 Å². The van der Waals surface area contributed by atoms with Crippen LogP contribution in [-0.2, 0) is 17.8 Å². The molecular formula is C23H28N4O2S. The molecule has 3 aromatic rings. The van der Waals surface area contributed by atoms with Crippen molar-refractivity contribution in [3.05, 3.63) is 52.7 Å². The maximum atomic E-state index is 13.4. The fourth-order valence-corrected chi connectivity index (χ4v) is 5.93. The van der Waals surface area contributed by atoms with Gasteiger partial charge in [-0.15, -0.1) is 11.3 Å². The lowest BCUT2D eigenvalue weighted by Gasteiger charge is -2.27. The molecule has 2 fully saturated rings. The number of morpholine rings is 1. The first kappa shape index (κ1) is 19.7. The van der Waals surface area contributed by atoms with E-state index in [-0.39, 0.29) is 5.91 Å². The summed E-state index contributed by atoms with van der Waals surface area (Å²) in [7, 11) is 0. The van der Waals surface area contributed by atoms with Gasteiger partial charge in [0.05, 0.1) is 24.3 Å². The third-order valence-electron chi connectivity index (χ3n) is 6.22. The fraction of sp³-hybridized carbons (Fsp3) is 0.478. The maximum absolute atomic E-state index is 13.4. The second-order valence-electron chi connectivity index (χ2n) is 8.17. The van der Waals surface area contributed by atoms with Gasteiger partial charge in [0.2, 0.25) is 0 Å². The van der Waals surface area contributed by atoms with Crippen molar-refractivity contribution in [3.63, 3.8) is 0 Å². The van der Waals surface area contributed by atoms with E-state index in [1.165, 1.54) is 21.2 Å². The molecule has 0 aliphatic carbocycles. The molecule has 1 unspecified atom stereocenters. The number of thiophene rings is 1. The first-order valence-electron chi connectivity index (χ1n) is 10.8. The second-order valence-corrected chi connectivity index (χ2v) is 9.22. The van der Waals surface area contributed by atoms with Crippen LogP contribution < -0.4 is 0 Å². The molecule has 0 spiro atoms. The third-order valence-corrected chi connectivity index (χ3v) is 7.40. The van der Waals surface area contributed by atoms with Gasteiger partial charge in [0.1, 0.15) is 0 Å². The van der Waals surface area contributed by atoms with Crippen molar-refractivity contribution in [2.24, 2.45) is 0 Å². The monoisotopic (exact) mass is 424 g/mol. The zero-order chi connectivity index (χ0) is 20.5. The van der Waals surface area contributed by atoms with Crippen LogP contribution in [0, 0.1) is 0 Å². The molecule has 2 aromatic heterocycles. The van der Waals surface area contributed by atoms with Crippen LogP contribution >= 0.6 is 11.3 Å². The molecule has 1 atom stereocenters. The van der Waals surface area contributed by atoms with Crippen molar-refractivity contribution in [2.75, 3.05) is 39.4 Å². The summed E-state index contributed by atoms with van der Waals surface area (Å²) in [6.45, 7) is 8.61. The Bertz CT molecular complexity index is 1040. The molecular weight excluding hydrogens is 396 g/mol. The molecule has 2 aliphatic heterocycles. The van der Waals surface area contributed by atoms with Crippen molar-refractivity contribution in [3.8, 4) is 0 Å². The lowest BCUT2D eigenvalue weighted by atomic mass is 9.94.